The van der Waals surface area contributed by atoms with E-state index in [9.17, 15) is 4.39 Å². The fraction of sp³-hybridized carbons (Fsp3) is 0.133. The van der Waals surface area contributed by atoms with Gasteiger partial charge in [-0.1, -0.05) is 29.3 Å². The molecule has 0 amide bonds. The Morgan fingerprint density at radius 3 is 2.68 bits per heavy atom. The molecule has 0 spiro atoms. The lowest BCUT2D eigenvalue weighted by molar-refractivity contribution is 0.417. The maximum Gasteiger partial charge on any atom is 0.171 e. The Kier molecular flexibility index (Phi) is 5.83. The van der Waals surface area contributed by atoms with Gasteiger partial charge in [0, 0.05) is 11.6 Å². The van der Waals surface area contributed by atoms with E-state index >= 15 is 0 Å². The summed E-state index contributed by atoms with van der Waals surface area (Å²) in [5.41, 5.74) is 1.47. The number of benzene rings is 2. The molecule has 2 N–H and O–H groups in total. The maximum atomic E-state index is 13.1. The van der Waals surface area contributed by atoms with Crippen LogP contribution in [0.2, 0.25) is 10.0 Å². The highest BCUT2D eigenvalue weighted by Crippen LogP contribution is 2.27. The van der Waals surface area contributed by atoms with E-state index in [4.69, 9.17) is 40.2 Å². The van der Waals surface area contributed by atoms with Crippen LogP contribution >= 0.6 is 35.4 Å². The molecule has 3 nitrogen and oxygen atoms in total. The molecule has 0 aliphatic carbocycles. The summed E-state index contributed by atoms with van der Waals surface area (Å²) in [6.07, 6.45) is 0. The number of anilines is 1. The van der Waals surface area contributed by atoms with Gasteiger partial charge in [-0.2, -0.15) is 0 Å². The van der Waals surface area contributed by atoms with Crippen molar-refractivity contribution in [2.45, 2.75) is 6.54 Å². The molecular weight excluding hydrogens is 346 g/mol. The summed E-state index contributed by atoms with van der Waals surface area (Å²) in [5.74, 6) is 0.174. The summed E-state index contributed by atoms with van der Waals surface area (Å²) in [5, 5.41) is 7.04. The molecule has 2 aromatic rings. The molecule has 0 heterocycles. The summed E-state index contributed by atoms with van der Waals surface area (Å²) in [4.78, 5) is 0. The van der Waals surface area contributed by atoms with Gasteiger partial charge in [-0.3, -0.25) is 0 Å². The molecule has 0 aliphatic rings. The summed E-state index contributed by atoms with van der Waals surface area (Å²) in [7, 11) is 1.56. The Labute approximate surface area is 143 Å². The molecule has 0 fully saturated rings. The van der Waals surface area contributed by atoms with Crippen LogP contribution in [0, 0.1) is 5.82 Å². The van der Waals surface area contributed by atoms with Crippen molar-refractivity contribution in [3.8, 4) is 5.75 Å². The zero-order chi connectivity index (χ0) is 16.1. The molecule has 0 saturated heterocycles. The molecule has 0 radical (unpaired) electrons. The molecular formula is C15H13Cl2FN2OS. The first-order chi connectivity index (χ1) is 10.5. The number of nitrogens with one attached hydrogen (secondary N) is 2. The zero-order valence-electron chi connectivity index (χ0n) is 11.6. The van der Waals surface area contributed by atoms with E-state index in [1.54, 1.807) is 37.4 Å². The van der Waals surface area contributed by atoms with Crippen LogP contribution in [0.15, 0.2) is 36.4 Å². The van der Waals surface area contributed by atoms with Crippen molar-refractivity contribution in [2.75, 3.05) is 12.4 Å². The fourth-order valence-corrected chi connectivity index (χ4v) is 2.33. The van der Waals surface area contributed by atoms with Gasteiger partial charge in [0.1, 0.15) is 11.6 Å². The highest BCUT2D eigenvalue weighted by Gasteiger charge is 2.06. The van der Waals surface area contributed by atoms with Gasteiger partial charge in [-0.05, 0) is 48.1 Å². The van der Waals surface area contributed by atoms with Gasteiger partial charge < -0.3 is 15.4 Å². The van der Waals surface area contributed by atoms with Gasteiger partial charge in [-0.25, -0.2) is 4.39 Å². The minimum Gasteiger partial charge on any atom is -0.495 e. The number of methoxy groups -OCH3 is 1. The Bertz CT molecular complexity index is 697. The maximum absolute atomic E-state index is 13.1. The number of halogens is 3. The van der Waals surface area contributed by atoms with Crippen LogP contribution < -0.4 is 15.4 Å². The first kappa shape index (κ1) is 16.8. The van der Waals surface area contributed by atoms with Gasteiger partial charge >= 0.3 is 0 Å². The third-order valence-electron chi connectivity index (χ3n) is 2.85. The lowest BCUT2D eigenvalue weighted by atomic mass is 10.2. The average molecular weight is 359 g/mol. The minimum atomic E-state index is -0.449. The first-order valence-electron chi connectivity index (χ1n) is 6.32. The largest absolute Gasteiger partial charge is 0.495 e. The van der Waals surface area contributed by atoms with Crippen LogP contribution in [0.4, 0.5) is 10.1 Å². The van der Waals surface area contributed by atoms with Crippen LogP contribution in [0.25, 0.3) is 0 Å². The van der Waals surface area contributed by atoms with Crippen LogP contribution in [-0.2, 0) is 6.54 Å². The number of rotatable bonds is 4. The Morgan fingerprint density at radius 1 is 1.23 bits per heavy atom. The summed E-state index contributed by atoms with van der Waals surface area (Å²) in [6.45, 7) is 0.411. The van der Waals surface area contributed by atoms with Crippen molar-refractivity contribution in [2.24, 2.45) is 0 Å². The van der Waals surface area contributed by atoms with E-state index in [2.05, 4.69) is 10.6 Å². The second-order valence-electron chi connectivity index (χ2n) is 4.40. The monoisotopic (exact) mass is 358 g/mol. The molecule has 0 aromatic heterocycles. The molecule has 0 bridgehead atoms. The van der Waals surface area contributed by atoms with Crippen molar-refractivity contribution in [1.29, 1.82) is 0 Å². The SMILES string of the molecule is COc1ccc(Cl)cc1NC(=S)NCc1ccc(F)c(Cl)c1. The van der Waals surface area contributed by atoms with Crippen LogP contribution in [0.3, 0.4) is 0 Å². The van der Waals surface area contributed by atoms with Crippen molar-refractivity contribution in [3.63, 3.8) is 0 Å². The second kappa shape index (κ2) is 7.63. The van der Waals surface area contributed by atoms with Crippen LogP contribution in [0.5, 0.6) is 5.75 Å². The van der Waals surface area contributed by atoms with Gasteiger partial charge in [0.25, 0.3) is 0 Å². The molecule has 0 unspecified atom stereocenters. The highest BCUT2D eigenvalue weighted by atomic mass is 35.5. The predicted molar refractivity (Wildman–Crippen MR) is 92.5 cm³/mol. The number of thiocarbonyl (C=S) groups is 1. The smallest absolute Gasteiger partial charge is 0.171 e. The number of ether oxygens (including phenoxy) is 1. The third-order valence-corrected chi connectivity index (χ3v) is 3.62. The fourth-order valence-electron chi connectivity index (χ4n) is 1.78. The lowest BCUT2D eigenvalue weighted by Crippen LogP contribution is -2.28. The molecule has 2 aromatic carbocycles. The van der Waals surface area contributed by atoms with Crippen molar-refractivity contribution >= 4 is 46.2 Å². The van der Waals surface area contributed by atoms with E-state index in [0.717, 1.165) is 5.56 Å². The second-order valence-corrected chi connectivity index (χ2v) is 5.65. The van der Waals surface area contributed by atoms with E-state index < -0.39 is 5.82 Å². The van der Waals surface area contributed by atoms with Crippen molar-refractivity contribution in [1.82, 2.24) is 5.32 Å². The summed E-state index contributed by atoms with van der Waals surface area (Å²) >= 11 is 16.9. The average Bonchev–Trinajstić information content (AvgIpc) is 2.49. The predicted octanol–water partition coefficient (Wildman–Crippen LogP) is 4.63. The highest BCUT2D eigenvalue weighted by molar-refractivity contribution is 7.80. The van der Waals surface area contributed by atoms with E-state index in [1.165, 1.54) is 6.07 Å². The van der Waals surface area contributed by atoms with Crippen molar-refractivity contribution in [3.05, 3.63) is 57.8 Å². The Hall–Kier alpha value is -1.56. The van der Waals surface area contributed by atoms with Gasteiger partial charge in [0.05, 0.1) is 17.8 Å². The number of hydrogen-bond acceptors (Lipinski definition) is 2. The van der Waals surface area contributed by atoms with E-state index in [1.807, 2.05) is 0 Å². The van der Waals surface area contributed by atoms with Gasteiger partial charge in [0.2, 0.25) is 0 Å². The van der Waals surface area contributed by atoms with Crippen molar-refractivity contribution < 1.29 is 9.13 Å². The minimum absolute atomic E-state index is 0.0784. The molecule has 7 heteroatoms. The third kappa shape index (κ3) is 4.47. The molecule has 0 saturated carbocycles. The molecule has 2 rings (SSSR count). The molecule has 22 heavy (non-hydrogen) atoms. The lowest BCUT2D eigenvalue weighted by Gasteiger charge is -2.14. The molecule has 0 aliphatic heterocycles. The zero-order valence-corrected chi connectivity index (χ0v) is 13.9. The van der Waals surface area contributed by atoms with Gasteiger partial charge in [0.15, 0.2) is 5.11 Å². The van der Waals surface area contributed by atoms with E-state index in [0.29, 0.717) is 28.1 Å². The summed E-state index contributed by atoms with van der Waals surface area (Å²) < 4.78 is 18.3. The molecule has 0 atom stereocenters. The number of hydrogen-bond donors (Lipinski definition) is 2. The topological polar surface area (TPSA) is 33.3 Å². The standard InChI is InChI=1S/C15H13Cl2FN2OS/c1-21-14-5-3-10(16)7-13(14)20-15(22)19-8-9-2-4-12(18)11(17)6-9/h2-7H,8H2,1H3,(H2,19,20,22). The molecule has 116 valence electrons. The van der Waals surface area contributed by atoms with Crippen LogP contribution in [-0.4, -0.2) is 12.2 Å². The van der Waals surface area contributed by atoms with Crippen LogP contribution in [0.1, 0.15) is 5.56 Å². The summed E-state index contributed by atoms with van der Waals surface area (Å²) in [6, 6.07) is 9.68. The Morgan fingerprint density at radius 2 is 2.00 bits per heavy atom. The Balaban J connectivity index is 1.98. The quantitative estimate of drug-likeness (QED) is 0.780. The van der Waals surface area contributed by atoms with Gasteiger partial charge in [-0.15, -0.1) is 0 Å². The first-order valence-corrected chi connectivity index (χ1v) is 7.48. The normalized spacial score (nSPS) is 10.2. The van der Waals surface area contributed by atoms with E-state index in [-0.39, 0.29) is 5.02 Å².